The van der Waals surface area contributed by atoms with Gasteiger partial charge in [-0.2, -0.15) is 0 Å². The molecule has 80 valence electrons. The van der Waals surface area contributed by atoms with E-state index in [1.165, 1.54) is 0 Å². The van der Waals surface area contributed by atoms with E-state index in [2.05, 4.69) is 5.32 Å². The molecule has 1 atom stereocenters. The van der Waals surface area contributed by atoms with Crippen molar-refractivity contribution in [3.8, 4) is 0 Å². The highest BCUT2D eigenvalue weighted by molar-refractivity contribution is 5.28. The molecule has 0 saturated carbocycles. The lowest BCUT2D eigenvalue weighted by Crippen LogP contribution is -2.17. The van der Waals surface area contributed by atoms with E-state index in [9.17, 15) is 0 Å². The number of hydrogen-bond acceptors (Lipinski definition) is 3. The Morgan fingerprint density at radius 3 is 2.47 bits per heavy atom. The second-order valence-corrected chi connectivity index (χ2v) is 3.60. The third-order valence-electron chi connectivity index (χ3n) is 2.54. The number of hydrogen-bond donors (Lipinski definition) is 1. The van der Waals surface area contributed by atoms with Crippen LogP contribution in [-0.4, -0.2) is 7.05 Å². The summed E-state index contributed by atoms with van der Waals surface area (Å²) >= 11 is 0. The summed E-state index contributed by atoms with van der Waals surface area (Å²) in [5.74, 6) is 2.76. The summed E-state index contributed by atoms with van der Waals surface area (Å²) < 4.78 is 10.9. The highest BCUT2D eigenvalue weighted by Gasteiger charge is 2.18. The molecule has 0 aliphatic heterocycles. The van der Waals surface area contributed by atoms with Crippen molar-refractivity contribution >= 4 is 0 Å². The van der Waals surface area contributed by atoms with Crippen LogP contribution >= 0.6 is 0 Å². The lowest BCUT2D eigenvalue weighted by atomic mass is 10.1. The smallest absolute Gasteiger partial charge is 0.125 e. The molecule has 0 bridgehead atoms. The van der Waals surface area contributed by atoms with Gasteiger partial charge in [-0.3, -0.25) is 0 Å². The Bertz CT molecular complexity index is 442. The first-order valence-corrected chi connectivity index (χ1v) is 5.00. The van der Waals surface area contributed by atoms with E-state index in [1.54, 1.807) is 6.26 Å². The monoisotopic (exact) mass is 205 g/mol. The second kappa shape index (κ2) is 3.95. The molecule has 0 saturated heterocycles. The van der Waals surface area contributed by atoms with Gasteiger partial charge in [-0.1, -0.05) is 0 Å². The molecule has 2 aromatic heterocycles. The first-order chi connectivity index (χ1) is 7.22. The largest absolute Gasteiger partial charge is 0.469 e. The van der Waals surface area contributed by atoms with Crippen molar-refractivity contribution < 1.29 is 8.83 Å². The van der Waals surface area contributed by atoms with Crippen LogP contribution in [-0.2, 0) is 0 Å². The lowest BCUT2D eigenvalue weighted by Gasteiger charge is -2.12. The average molecular weight is 205 g/mol. The molecule has 1 unspecified atom stereocenters. The maximum atomic E-state index is 5.61. The van der Waals surface area contributed by atoms with Crippen molar-refractivity contribution in [2.75, 3.05) is 7.05 Å². The molecule has 0 radical (unpaired) electrons. The first kappa shape index (κ1) is 10.1. The van der Waals surface area contributed by atoms with Crippen molar-refractivity contribution in [1.82, 2.24) is 5.32 Å². The van der Waals surface area contributed by atoms with Crippen LogP contribution in [0, 0.1) is 13.8 Å². The summed E-state index contributed by atoms with van der Waals surface area (Å²) in [5.41, 5.74) is 1.12. The van der Waals surface area contributed by atoms with E-state index < -0.39 is 0 Å². The summed E-state index contributed by atoms with van der Waals surface area (Å²) in [7, 11) is 1.91. The molecule has 2 rings (SSSR count). The van der Waals surface area contributed by atoms with Gasteiger partial charge in [-0.05, 0) is 39.1 Å². The molecule has 15 heavy (non-hydrogen) atoms. The molecule has 0 aliphatic carbocycles. The quantitative estimate of drug-likeness (QED) is 0.837. The Labute approximate surface area is 89.1 Å². The molecule has 3 nitrogen and oxygen atoms in total. The van der Waals surface area contributed by atoms with E-state index >= 15 is 0 Å². The Balaban J connectivity index is 2.36. The van der Waals surface area contributed by atoms with E-state index in [1.807, 2.05) is 39.1 Å². The SMILES string of the molecule is CNC(c1ccc(C)o1)c1ccoc1C. The molecule has 3 heteroatoms. The van der Waals surface area contributed by atoms with Crippen molar-refractivity contribution in [3.63, 3.8) is 0 Å². The summed E-state index contributed by atoms with van der Waals surface area (Å²) in [5, 5.41) is 3.22. The summed E-state index contributed by atoms with van der Waals surface area (Å²) in [6.45, 7) is 3.90. The third-order valence-corrected chi connectivity index (χ3v) is 2.54. The van der Waals surface area contributed by atoms with Gasteiger partial charge in [0.05, 0.1) is 12.3 Å². The van der Waals surface area contributed by atoms with Gasteiger partial charge >= 0.3 is 0 Å². The van der Waals surface area contributed by atoms with Crippen LogP contribution in [0.2, 0.25) is 0 Å². The second-order valence-electron chi connectivity index (χ2n) is 3.60. The average Bonchev–Trinajstić information content (AvgIpc) is 2.79. The first-order valence-electron chi connectivity index (χ1n) is 5.00. The molecule has 0 spiro atoms. The topological polar surface area (TPSA) is 38.3 Å². The fourth-order valence-electron chi connectivity index (χ4n) is 1.75. The van der Waals surface area contributed by atoms with Crippen LogP contribution in [0.1, 0.15) is 28.9 Å². The zero-order valence-electron chi connectivity index (χ0n) is 9.20. The van der Waals surface area contributed by atoms with Crippen molar-refractivity contribution in [3.05, 3.63) is 47.3 Å². The molecule has 2 heterocycles. The zero-order chi connectivity index (χ0) is 10.8. The number of furan rings is 2. The lowest BCUT2D eigenvalue weighted by molar-refractivity contribution is 0.438. The maximum Gasteiger partial charge on any atom is 0.125 e. The van der Waals surface area contributed by atoms with Gasteiger partial charge in [0, 0.05) is 5.56 Å². The van der Waals surface area contributed by atoms with Crippen molar-refractivity contribution in [2.24, 2.45) is 0 Å². The summed E-state index contributed by atoms with van der Waals surface area (Å²) in [6, 6.07) is 5.99. The van der Waals surface area contributed by atoms with Gasteiger partial charge in [0.2, 0.25) is 0 Å². The highest BCUT2D eigenvalue weighted by Crippen LogP contribution is 2.26. The van der Waals surface area contributed by atoms with Crippen LogP contribution in [0.15, 0.2) is 33.3 Å². The Morgan fingerprint density at radius 2 is 2.00 bits per heavy atom. The zero-order valence-corrected chi connectivity index (χ0v) is 9.20. The Kier molecular flexibility index (Phi) is 2.64. The highest BCUT2D eigenvalue weighted by atomic mass is 16.3. The van der Waals surface area contributed by atoms with Crippen LogP contribution in [0.5, 0.6) is 0 Å². The maximum absolute atomic E-state index is 5.61. The number of aryl methyl sites for hydroxylation is 2. The van der Waals surface area contributed by atoms with Gasteiger partial charge in [0.1, 0.15) is 17.3 Å². The minimum Gasteiger partial charge on any atom is -0.469 e. The van der Waals surface area contributed by atoms with Crippen LogP contribution in [0.4, 0.5) is 0 Å². The van der Waals surface area contributed by atoms with Crippen LogP contribution in [0.3, 0.4) is 0 Å². The minimum absolute atomic E-state index is 0.0671. The minimum atomic E-state index is 0.0671. The molecular weight excluding hydrogens is 190 g/mol. The summed E-state index contributed by atoms with van der Waals surface area (Å²) in [6.07, 6.45) is 1.70. The van der Waals surface area contributed by atoms with E-state index in [4.69, 9.17) is 8.83 Å². The fourth-order valence-corrected chi connectivity index (χ4v) is 1.75. The number of nitrogens with one attached hydrogen (secondary N) is 1. The van der Waals surface area contributed by atoms with Gasteiger partial charge in [0.25, 0.3) is 0 Å². The van der Waals surface area contributed by atoms with Gasteiger partial charge in [-0.25, -0.2) is 0 Å². The van der Waals surface area contributed by atoms with E-state index in [-0.39, 0.29) is 6.04 Å². The number of rotatable bonds is 3. The Morgan fingerprint density at radius 1 is 1.20 bits per heavy atom. The van der Waals surface area contributed by atoms with Gasteiger partial charge in [0.15, 0.2) is 0 Å². The van der Waals surface area contributed by atoms with Crippen molar-refractivity contribution in [2.45, 2.75) is 19.9 Å². The van der Waals surface area contributed by atoms with E-state index in [0.717, 1.165) is 22.8 Å². The predicted octanol–water partition coefficient (Wildman–Crippen LogP) is 2.80. The standard InChI is InChI=1S/C12H15NO2/c1-8-4-5-11(15-8)12(13-3)10-6-7-14-9(10)2/h4-7,12-13H,1-3H3. The van der Waals surface area contributed by atoms with Crippen LogP contribution < -0.4 is 5.32 Å². The molecule has 0 aliphatic rings. The molecule has 0 amide bonds. The Hall–Kier alpha value is -1.48. The fraction of sp³-hybridized carbons (Fsp3) is 0.333. The third kappa shape index (κ3) is 1.83. The van der Waals surface area contributed by atoms with Gasteiger partial charge < -0.3 is 14.2 Å². The van der Waals surface area contributed by atoms with E-state index in [0.29, 0.717) is 0 Å². The van der Waals surface area contributed by atoms with Crippen LogP contribution in [0.25, 0.3) is 0 Å². The normalized spacial score (nSPS) is 13.0. The molecule has 0 aromatic carbocycles. The molecular formula is C12H15NO2. The summed E-state index contributed by atoms with van der Waals surface area (Å²) in [4.78, 5) is 0. The predicted molar refractivity (Wildman–Crippen MR) is 57.8 cm³/mol. The molecule has 1 N–H and O–H groups in total. The van der Waals surface area contributed by atoms with Gasteiger partial charge in [-0.15, -0.1) is 0 Å². The molecule has 0 fully saturated rings. The van der Waals surface area contributed by atoms with Crippen molar-refractivity contribution in [1.29, 1.82) is 0 Å². The molecule has 2 aromatic rings.